The summed E-state index contributed by atoms with van der Waals surface area (Å²) in [5.41, 5.74) is 0.483. The Morgan fingerprint density at radius 2 is 1.90 bits per heavy atom. The van der Waals surface area contributed by atoms with Crippen molar-refractivity contribution in [2.75, 3.05) is 13.1 Å². The second-order valence-electron chi connectivity index (χ2n) is 4.97. The third-order valence-electron chi connectivity index (χ3n) is 3.43. The van der Waals surface area contributed by atoms with Crippen molar-refractivity contribution in [3.05, 3.63) is 46.7 Å². The fraction of sp³-hybridized carbons (Fsp3) is 0.333. The Morgan fingerprint density at radius 3 is 2.62 bits per heavy atom. The molecular formula is C15H16BrN3O2. The normalized spacial score (nSPS) is 14.4. The topological polar surface area (TPSA) is 47.4 Å². The van der Waals surface area contributed by atoms with Gasteiger partial charge < -0.3 is 9.64 Å². The van der Waals surface area contributed by atoms with Gasteiger partial charge in [0.05, 0.1) is 0 Å². The summed E-state index contributed by atoms with van der Waals surface area (Å²) < 4.78 is 8.26. The Hall–Kier alpha value is -1.82. The van der Waals surface area contributed by atoms with E-state index < -0.39 is 0 Å². The van der Waals surface area contributed by atoms with E-state index in [0.29, 0.717) is 5.69 Å². The first-order valence-corrected chi connectivity index (χ1v) is 7.73. The van der Waals surface area contributed by atoms with Crippen LogP contribution in [0.15, 0.2) is 41.0 Å². The molecule has 21 heavy (non-hydrogen) atoms. The molecule has 0 bridgehead atoms. The van der Waals surface area contributed by atoms with E-state index in [4.69, 9.17) is 4.74 Å². The molecule has 5 nitrogen and oxygen atoms in total. The van der Waals surface area contributed by atoms with Crippen LogP contribution in [0.3, 0.4) is 0 Å². The Bertz CT molecular complexity index is 618. The summed E-state index contributed by atoms with van der Waals surface area (Å²) in [7, 11) is 0. The van der Waals surface area contributed by atoms with Gasteiger partial charge in [-0.15, -0.1) is 0 Å². The molecule has 1 aliphatic heterocycles. The van der Waals surface area contributed by atoms with Gasteiger partial charge in [-0.25, -0.2) is 4.68 Å². The van der Waals surface area contributed by atoms with Crippen molar-refractivity contribution in [2.45, 2.75) is 19.6 Å². The highest BCUT2D eigenvalue weighted by Gasteiger charge is 2.21. The third kappa shape index (κ3) is 3.44. The highest BCUT2D eigenvalue weighted by molar-refractivity contribution is 9.10. The summed E-state index contributed by atoms with van der Waals surface area (Å²) in [5, 5.41) is 4.28. The number of likely N-dealkylation sites (tertiary alicyclic amines) is 1. The lowest BCUT2D eigenvalue weighted by Gasteiger charge is -2.12. The van der Waals surface area contributed by atoms with Gasteiger partial charge in [0.2, 0.25) is 0 Å². The summed E-state index contributed by atoms with van der Waals surface area (Å²) >= 11 is 3.38. The van der Waals surface area contributed by atoms with Crippen molar-refractivity contribution in [1.82, 2.24) is 14.7 Å². The number of carbonyl (C=O) groups excluding carboxylic acids is 1. The highest BCUT2D eigenvalue weighted by Crippen LogP contribution is 2.16. The molecule has 0 N–H and O–H groups in total. The van der Waals surface area contributed by atoms with Crippen molar-refractivity contribution in [2.24, 2.45) is 0 Å². The maximum atomic E-state index is 12.2. The molecule has 0 radical (unpaired) electrons. The molecule has 1 aromatic carbocycles. The first kappa shape index (κ1) is 14.1. The van der Waals surface area contributed by atoms with E-state index in [1.165, 1.54) is 0 Å². The van der Waals surface area contributed by atoms with Crippen molar-refractivity contribution in [1.29, 1.82) is 0 Å². The fourth-order valence-corrected chi connectivity index (χ4v) is 2.57. The van der Waals surface area contributed by atoms with Crippen LogP contribution < -0.4 is 4.74 Å². The molecular weight excluding hydrogens is 334 g/mol. The SMILES string of the molecule is O=C(c1ccn(COc2ccc(Br)cc2)n1)N1CCCC1. The second-order valence-corrected chi connectivity index (χ2v) is 5.88. The number of aromatic nitrogens is 2. The highest BCUT2D eigenvalue weighted by atomic mass is 79.9. The molecule has 1 saturated heterocycles. The van der Waals surface area contributed by atoms with Gasteiger partial charge in [0.25, 0.3) is 5.91 Å². The van der Waals surface area contributed by atoms with Gasteiger partial charge in [0.1, 0.15) is 5.75 Å². The van der Waals surface area contributed by atoms with E-state index in [0.717, 1.165) is 36.2 Å². The van der Waals surface area contributed by atoms with Crippen LogP contribution in [0.2, 0.25) is 0 Å². The number of ether oxygens (including phenoxy) is 1. The Kier molecular flexibility index (Phi) is 4.24. The fourth-order valence-electron chi connectivity index (χ4n) is 2.30. The van der Waals surface area contributed by atoms with Gasteiger partial charge in [-0.2, -0.15) is 5.10 Å². The zero-order chi connectivity index (χ0) is 14.7. The molecule has 1 fully saturated rings. The van der Waals surface area contributed by atoms with E-state index in [-0.39, 0.29) is 12.6 Å². The maximum Gasteiger partial charge on any atom is 0.274 e. The number of hydrogen-bond donors (Lipinski definition) is 0. The van der Waals surface area contributed by atoms with Gasteiger partial charge >= 0.3 is 0 Å². The van der Waals surface area contributed by atoms with Crippen LogP contribution in [-0.4, -0.2) is 33.7 Å². The zero-order valence-electron chi connectivity index (χ0n) is 11.5. The van der Waals surface area contributed by atoms with Crippen LogP contribution in [0.25, 0.3) is 0 Å². The lowest BCUT2D eigenvalue weighted by molar-refractivity contribution is 0.0785. The van der Waals surface area contributed by atoms with Crippen LogP contribution >= 0.6 is 15.9 Å². The van der Waals surface area contributed by atoms with Gasteiger partial charge in [0.15, 0.2) is 12.4 Å². The second kappa shape index (κ2) is 6.30. The van der Waals surface area contributed by atoms with Crippen LogP contribution in [0.5, 0.6) is 5.75 Å². The predicted octanol–water partition coefficient (Wildman–Crippen LogP) is 2.92. The van der Waals surface area contributed by atoms with E-state index in [2.05, 4.69) is 21.0 Å². The van der Waals surface area contributed by atoms with Crippen LogP contribution in [0.1, 0.15) is 23.3 Å². The number of nitrogens with zero attached hydrogens (tertiary/aromatic N) is 3. The van der Waals surface area contributed by atoms with Gasteiger partial charge in [-0.3, -0.25) is 4.79 Å². The third-order valence-corrected chi connectivity index (χ3v) is 3.96. The van der Waals surface area contributed by atoms with Gasteiger partial charge in [-0.1, -0.05) is 15.9 Å². The molecule has 0 spiro atoms. The maximum absolute atomic E-state index is 12.2. The van der Waals surface area contributed by atoms with E-state index in [1.54, 1.807) is 16.9 Å². The number of halogens is 1. The summed E-state index contributed by atoms with van der Waals surface area (Å²) in [5.74, 6) is 0.774. The number of carbonyl (C=O) groups is 1. The van der Waals surface area contributed by atoms with Crippen LogP contribution in [0, 0.1) is 0 Å². The molecule has 110 valence electrons. The zero-order valence-corrected chi connectivity index (χ0v) is 13.1. The standard InChI is InChI=1S/C15H16BrN3O2/c16-12-3-5-13(6-4-12)21-11-19-10-7-14(17-19)15(20)18-8-1-2-9-18/h3-7,10H,1-2,8-9,11H2. The summed E-state index contributed by atoms with van der Waals surface area (Å²) in [6, 6.07) is 9.33. The quantitative estimate of drug-likeness (QED) is 0.852. The Labute approximate surface area is 131 Å². The molecule has 1 amide bonds. The Morgan fingerprint density at radius 1 is 1.19 bits per heavy atom. The van der Waals surface area contributed by atoms with E-state index in [9.17, 15) is 4.79 Å². The van der Waals surface area contributed by atoms with E-state index >= 15 is 0 Å². The van der Waals surface area contributed by atoms with E-state index in [1.807, 2.05) is 29.2 Å². The van der Waals surface area contributed by atoms with Gasteiger partial charge in [0, 0.05) is 23.8 Å². The van der Waals surface area contributed by atoms with Crippen molar-refractivity contribution >= 4 is 21.8 Å². The summed E-state index contributed by atoms with van der Waals surface area (Å²) in [4.78, 5) is 14.0. The first-order valence-electron chi connectivity index (χ1n) is 6.93. The molecule has 0 unspecified atom stereocenters. The molecule has 0 atom stereocenters. The molecule has 0 aliphatic carbocycles. The molecule has 1 aromatic heterocycles. The number of benzene rings is 1. The summed E-state index contributed by atoms with van der Waals surface area (Å²) in [6.45, 7) is 1.96. The lowest BCUT2D eigenvalue weighted by Crippen LogP contribution is -2.28. The smallest absolute Gasteiger partial charge is 0.274 e. The van der Waals surface area contributed by atoms with Crippen LogP contribution in [-0.2, 0) is 6.73 Å². The molecule has 1 aliphatic rings. The minimum Gasteiger partial charge on any atom is -0.471 e. The largest absolute Gasteiger partial charge is 0.471 e. The van der Waals surface area contributed by atoms with Crippen molar-refractivity contribution in [3.8, 4) is 5.75 Å². The number of hydrogen-bond acceptors (Lipinski definition) is 3. The minimum absolute atomic E-state index is 0.00916. The molecule has 3 rings (SSSR count). The average molecular weight is 350 g/mol. The van der Waals surface area contributed by atoms with Crippen LogP contribution in [0.4, 0.5) is 0 Å². The van der Waals surface area contributed by atoms with Gasteiger partial charge in [-0.05, 0) is 43.2 Å². The number of rotatable bonds is 4. The summed E-state index contributed by atoms with van der Waals surface area (Å²) in [6.07, 6.45) is 3.93. The molecule has 2 aromatic rings. The van der Waals surface area contributed by atoms with Crippen molar-refractivity contribution < 1.29 is 9.53 Å². The molecule has 0 saturated carbocycles. The average Bonchev–Trinajstić information content (AvgIpc) is 3.18. The monoisotopic (exact) mass is 349 g/mol. The Balaban J connectivity index is 1.59. The minimum atomic E-state index is 0.00916. The number of amides is 1. The molecule has 6 heteroatoms. The lowest BCUT2D eigenvalue weighted by atomic mass is 10.3. The predicted molar refractivity (Wildman–Crippen MR) is 82.1 cm³/mol. The molecule has 2 heterocycles. The first-order chi connectivity index (χ1) is 10.2. The van der Waals surface area contributed by atoms with Crippen molar-refractivity contribution in [3.63, 3.8) is 0 Å².